The van der Waals surface area contributed by atoms with Gasteiger partial charge in [0.05, 0.1) is 5.39 Å². The van der Waals surface area contributed by atoms with E-state index in [4.69, 9.17) is 0 Å². The van der Waals surface area contributed by atoms with Crippen LogP contribution >= 0.6 is 11.3 Å². The lowest BCUT2D eigenvalue weighted by Crippen LogP contribution is -2.02. The van der Waals surface area contributed by atoms with Crippen LogP contribution in [0, 0.1) is 6.92 Å². The molecule has 0 radical (unpaired) electrons. The van der Waals surface area contributed by atoms with Gasteiger partial charge in [-0.25, -0.2) is 4.98 Å². The Labute approximate surface area is 96.2 Å². The van der Waals surface area contributed by atoms with Crippen LogP contribution in [-0.2, 0) is 0 Å². The Bertz CT molecular complexity index is 746. The van der Waals surface area contributed by atoms with Crippen molar-refractivity contribution in [1.82, 2.24) is 4.98 Å². The van der Waals surface area contributed by atoms with Crippen molar-refractivity contribution in [2.24, 2.45) is 0 Å². The van der Waals surface area contributed by atoms with Crippen LogP contribution < -0.4 is 5.43 Å². The lowest BCUT2D eigenvalue weighted by Gasteiger charge is -2.01. The van der Waals surface area contributed by atoms with E-state index in [0.717, 1.165) is 20.5 Å². The molecular weight excluding hydrogens is 218 g/mol. The Morgan fingerprint density at radius 1 is 1.19 bits per heavy atom. The van der Waals surface area contributed by atoms with Gasteiger partial charge < -0.3 is 0 Å². The van der Waals surface area contributed by atoms with E-state index in [1.165, 1.54) is 0 Å². The third-order valence-electron chi connectivity index (χ3n) is 2.68. The second-order valence-corrected chi connectivity index (χ2v) is 4.77. The molecular formula is C13H9NOS. The molecule has 0 N–H and O–H groups in total. The van der Waals surface area contributed by atoms with E-state index < -0.39 is 0 Å². The first-order chi connectivity index (χ1) is 7.77. The zero-order valence-electron chi connectivity index (χ0n) is 8.73. The molecule has 0 aliphatic carbocycles. The predicted octanol–water partition coefficient (Wildman–Crippen LogP) is 3.12. The molecule has 0 aliphatic rings. The van der Waals surface area contributed by atoms with E-state index in [9.17, 15) is 4.79 Å². The number of aromatic nitrogens is 1. The van der Waals surface area contributed by atoms with Crippen molar-refractivity contribution < 1.29 is 0 Å². The maximum absolute atomic E-state index is 12.3. The van der Waals surface area contributed by atoms with Crippen molar-refractivity contribution in [2.75, 3.05) is 0 Å². The fourth-order valence-electron chi connectivity index (χ4n) is 1.90. The fourth-order valence-corrected chi connectivity index (χ4v) is 3.00. The molecule has 0 spiro atoms. The van der Waals surface area contributed by atoms with Crippen molar-refractivity contribution in [3.05, 3.63) is 52.3 Å². The van der Waals surface area contributed by atoms with Gasteiger partial charge >= 0.3 is 0 Å². The number of hydrogen-bond donors (Lipinski definition) is 0. The summed E-state index contributed by atoms with van der Waals surface area (Å²) in [4.78, 5) is 17.3. The summed E-state index contributed by atoms with van der Waals surface area (Å²) in [6, 6.07) is 9.57. The van der Waals surface area contributed by atoms with E-state index in [0.29, 0.717) is 5.39 Å². The largest absolute Gasteiger partial charge is 0.288 e. The molecule has 0 saturated carbocycles. The minimum Gasteiger partial charge on any atom is -0.288 e. The highest BCUT2D eigenvalue weighted by molar-refractivity contribution is 7.24. The summed E-state index contributed by atoms with van der Waals surface area (Å²) >= 11 is 1.57. The minimum atomic E-state index is 0.0925. The fraction of sp³-hybridized carbons (Fsp3) is 0.0769. The van der Waals surface area contributed by atoms with Crippen LogP contribution in [0.2, 0.25) is 0 Å². The van der Waals surface area contributed by atoms with Crippen LogP contribution in [0.4, 0.5) is 0 Å². The Hall–Kier alpha value is -1.74. The second-order valence-electron chi connectivity index (χ2n) is 3.74. The smallest absolute Gasteiger partial charge is 0.197 e. The Morgan fingerprint density at radius 2 is 2.06 bits per heavy atom. The Balaban J connectivity index is 2.67. The predicted molar refractivity (Wildman–Crippen MR) is 68.1 cm³/mol. The normalized spacial score (nSPS) is 11.1. The lowest BCUT2D eigenvalue weighted by molar-refractivity contribution is 1.44. The summed E-state index contributed by atoms with van der Waals surface area (Å²) in [6.07, 6.45) is 1.72. The van der Waals surface area contributed by atoms with E-state index in [1.54, 1.807) is 23.6 Å². The van der Waals surface area contributed by atoms with Crippen molar-refractivity contribution in [3.8, 4) is 0 Å². The molecule has 0 amide bonds. The van der Waals surface area contributed by atoms with Crippen LogP contribution in [0.15, 0.2) is 41.3 Å². The number of nitrogens with zero attached hydrogens (tertiary/aromatic N) is 1. The van der Waals surface area contributed by atoms with E-state index in [2.05, 4.69) is 4.98 Å². The van der Waals surface area contributed by atoms with E-state index >= 15 is 0 Å². The summed E-state index contributed by atoms with van der Waals surface area (Å²) in [5.41, 5.74) is 1.12. The zero-order chi connectivity index (χ0) is 11.1. The molecule has 0 fully saturated rings. The topological polar surface area (TPSA) is 30.0 Å². The first-order valence-electron chi connectivity index (χ1n) is 5.04. The number of benzene rings is 1. The molecule has 0 saturated heterocycles. The number of aryl methyl sites for hydroxylation is 1. The van der Waals surface area contributed by atoms with Crippen LogP contribution in [-0.4, -0.2) is 4.98 Å². The van der Waals surface area contributed by atoms with Gasteiger partial charge in [-0.05, 0) is 30.7 Å². The SMILES string of the molecule is Cc1cccc2sc3ncccc3c(=O)c12. The molecule has 3 rings (SSSR count). The molecule has 16 heavy (non-hydrogen) atoms. The van der Waals surface area contributed by atoms with Crippen LogP contribution in [0.3, 0.4) is 0 Å². The molecule has 2 aromatic heterocycles. The van der Waals surface area contributed by atoms with Gasteiger partial charge in [0.15, 0.2) is 5.43 Å². The van der Waals surface area contributed by atoms with Gasteiger partial charge in [-0.2, -0.15) is 0 Å². The third-order valence-corrected chi connectivity index (χ3v) is 3.76. The molecule has 3 heteroatoms. The molecule has 78 valence electrons. The number of pyridine rings is 1. The summed E-state index contributed by atoms with van der Waals surface area (Å²) in [5.74, 6) is 0. The number of fused-ring (bicyclic) bond motifs is 2. The molecule has 2 heterocycles. The molecule has 0 unspecified atom stereocenters. The quantitative estimate of drug-likeness (QED) is 0.552. The number of rotatable bonds is 0. The standard InChI is InChI=1S/C13H9NOS/c1-8-4-2-6-10-11(8)12(15)9-5-3-7-14-13(9)16-10/h2-7H,1H3. The van der Waals surface area contributed by atoms with E-state index in [-0.39, 0.29) is 5.43 Å². The van der Waals surface area contributed by atoms with Gasteiger partial charge in [-0.3, -0.25) is 4.79 Å². The highest BCUT2D eigenvalue weighted by atomic mass is 32.1. The highest BCUT2D eigenvalue weighted by Crippen LogP contribution is 2.24. The van der Waals surface area contributed by atoms with Gasteiger partial charge in [0.25, 0.3) is 0 Å². The second kappa shape index (κ2) is 3.39. The summed E-state index contributed by atoms with van der Waals surface area (Å²) < 4.78 is 1.01. The summed E-state index contributed by atoms with van der Waals surface area (Å²) in [6.45, 7) is 1.97. The van der Waals surface area contributed by atoms with Crippen LogP contribution in [0.1, 0.15) is 5.56 Å². The van der Waals surface area contributed by atoms with Gasteiger partial charge in [0.1, 0.15) is 4.83 Å². The van der Waals surface area contributed by atoms with Crippen molar-refractivity contribution in [1.29, 1.82) is 0 Å². The Morgan fingerprint density at radius 3 is 2.94 bits per heavy atom. The van der Waals surface area contributed by atoms with Crippen LogP contribution in [0.25, 0.3) is 20.3 Å². The third kappa shape index (κ3) is 1.25. The zero-order valence-corrected chi connectivity index (χ0v) is 9.54. The molecule has 3 aromatic rings. The Kier molecular flexibility index (Phi) is 2.01. The lowest BCUT2D eigenvalue weighted by atomic mass is 10.1. The monoisotopic (exact) mass is 227 g/mol. The average molecular weight is 227 g/mol. The maximum atomic E-state index is 12.3. The van der Waals surface area contributed by atoms with Crippen molar-refractivity contribution in [3.63, 3.8) is 0 Å². The van der Waals surface area contributed by atoms with Crippen molar-refractivity contribution >= 4 is 31.6 Å². The summed E-state index contributed by atoms with van der Waals surface area (Å²) in [7, 11) is 0. The maximum Gasteiger partial charge on any atom is 0.197 e. The van der Waals surface area contributed by atoms with Crippen molar-refractivity contribution in [2.45, 2.75) is 6.92 Å². The van der Waals surface area contributed by atoms with Gasteiger partial charge in [-0.1, -0.05) is 12.1 Å². The van der Waals surface area contributed by atoms with Gasteiger partial charge in [-0.15, -0.1) is 11.3 Å². The van der Waals surface area contributed by atoms with E-state index in [1.807, 2.05) is 31.2 Å². The molecule has 2 nitrogen and oxygen atoms in total. The average Bonchev–Trinajstić information content (AvgIpc) is 2.29. The molecule has 0 aliphatic heterocycles. The van der Waals surface area contributed by atoms with Gasteiger partial charge in [0, 0.05) is 16.3 Å². The minimum absolute atomic E-state index is 0.0925. The van der Waals surface area contributed by atoms with Crippen LogP contribution in [0.5, 0.6) is 0 Å². The first kappa shape index (κ1) is 9.48. The summed E-state index contributed by atoms with van der Waals surface area (Å²) in [5, 5.41) is 1.54. The molecule has 1 aromatic carbocycles. The van der Waals surface area contributed by atoms with Gasteiger partial charge in [0.2, 0.25) is 0 Å². The first-order valence-corrected chi connectivity index (χ1v) is 5.86. The highest BCUT2D eigenvalue weighted by Gasteiger charge is 2.07. The molecule has 0 bridgehead atoms. The molecule has 0 atom stereocenters. The number of hydrogen-bond acceptors (Lipinski definition) is 3.